The molecule has 0 aliphatic heterocycles. The lowest BCUT2D eigenvalue weighted by Crippen LogP contribution is -3.08. The SMILES string of the molecule is Cc1cc(C)cc(NC(=O)C[NH+](C)Cc2ccc(C)cc2C)c1. The standard InChI is InChI=1S/C20H26N2O/c1-14-6-7-18(17(4)9-14)12-22(5)13-20(23)21-19-10-15(2)8-16(3)11-19/h6-11H,12-13H2,1-5H3,(H,21,23)/p+1. The molecule has 1 atom stereocenters. The third-order valence-electron chi connectivity index (χ3n) is 3.96. The molecule has 122 valence electrons. The van der Waals surface area contributed by atoms with Crippen molar-refractivity contribution < 1.29 is 9.69 Å². The molecule has 0 spiro atoms. The van der Waals surface area contributed by atoms with Crippen LogP contribution in [-0.2, 0) is 11.3 Å². The lowest BCUT2D eigenvalue weighted by molar-refractivity contribution is -0.885. The first kappa shape index (κ1) is 17.2. The van der Waals surface area contributed by atoms with Crippen molar-refractivity contribution in [2.24, 2.45) is 0 Å². The summed E-state index contributed by atoms with van der Waals surface area (Å²) >= 11 is 0. The normalized spacial score (nSPS) is 12.0. The Morgan fingerprint density at radius 2 is 1.61 bits per heavy atom. The van der Waals surface area contributed by atoms with E-state index < -0.39 is 0 Å². The number of hydrogen-bond donors (Lipinski definition) is 2. The van der Waals surface area contributed by atoms with Crippen molar-refractivity contribution in [2.45, 2.75) is 34.2 Å². The largest absolute Gasteiger partial charge is 0.326 e. The summed E-state index contributed by atoms with van der Waals surface area (Å²) in [4.78, 5) is 13.4. The predicted molar refractivity (Wildman–Crippen MR) is 95.9 cm³/mol. The van der Waals surface area contributed by atoms with Gasteiger partial charge in [0.2, 0.25) is 0 Å². The molecule has 0 fully saturated rings. The number of carbonyl (C=O) groups is 1. The van der Waals surface area contributed by atoms with Gasteiger partial charge in [0, 0.05) is 11.3 Å². The molecule has 0 aliphatic carbocycles. The number of likely N-dealkylation sites (N-methyl/N-ethyl adjacent to an activating group) is 1. The summed E-state index contributed by atoms with van der Waals surface area (Å²) in [7, 11) is 2.06. The molecule has 2 aromatic carbocycles. The third-order valence-corrected chi connectivity index (χ3v) is 3.96. The van der Waals surface area contributed by atoms with Gasteiger partial charge in [0.05, 0.1) is 7.05 Å². The number of hydrogen-bond acceptors (Lipinski definition) is 1. The minimum absolute atomic E-state index is 0.0530. The van der Waals surface area contributed by atoms with Crippen LogP contribution < -0.4 is 10.2 Å². The van der Waals surface area contributed by atoms with Crippen molar-refractivity contribution in [1.29, 1.82) is 0 Å². The molecule has 0 bridgehead atoms. The second kappa shape index (κ2) is 7.42. The quantitative estimate of drug-likeness (QED) is 0.874. The molecular weight excluding hydrogens is 284 g/mol. The van der Waals surface area contributed by atoms with Gasteiger partial charge >= 0.3 is 0 Å². The second-order valence-corrected chi connectivity index (χ2v) is 6.67. The zero-order valence-electron chi connectivity index (χ0n) is 14.8. The molecule has 0 aliphatic rings. The Morgan fingerprint density at radius 3 is 2.22 bits per heavy atom. The summed E-state index contributed by atoms with van der Waals surface area (Å²) in [5, 5.41) is 3.00. The van der Waals surface area contributed by atoms with Crippen LogP contribution in [0.25, 0.3) is 0 Å². The summed E-state index contributed by atoms with van der Waals surface area (Å²) < 4.78 is 0. The molecule has 2 N–H and O–H groups in total. The van der Waals surface area contributed by atoms with Gasteiger partial charge in [-0.3, -0.25) is 4.79 Å². The van der Waals surface area contributed by atoms with E-state index in [0.29, 0.717) is 6.54 Å². The molecule has 2 aromatic rings. The van der Waals surface area contributed by atoms with Gasteiger partial charge in [0.15, 0.2) is 6.54 Å². The maximum Gasteiger partial charge on any atom is 0.279 e. The van der Waals surface area contributed by atoms with Crippen LogP contribution in [0.4, 0.5) is 5.69 Å². The second-order valence-electron chi connectivity index (χ2n) is 6.67. The van der Waals surface area contributed by atoms with Crippen LogP contribution >= 0.6 is 0 Å². The number of amides is 1. The topological polar surface area (TPSA) is 33.5 Å². The van der Waals surface area contributed by atoms with E-state index in [1.54, 1.807) is 0 Å². The van der Waals surface area contributed by atoms with Gasteiger partial charge in [-0.15, -0.1) is 0 Å². The fourth-order valence-electron chi connectivity index (χ4n) is 2.96. The molecule has 0 saturated carbocycles. The number of anilines is 1. The van der Waals surface area contributed by atoms with Crippen LogP contribution in [0, 0.1) is 27.7 Å². The zero-order chi connectivity index (χ0) is 17.0. The van der Waals surface area contributed by atoms with E-state index in [0.717, 1.165) is 23.4 Å². The highest BCUT2D eigenvalue weighted by atomic mass is 16.2. The molecule has 23 heavy (non-hydrogen) atoms. The van der Waals surface area contributed by atoms with Gasteiger partial charge in [-0.1, -0.05) is 29.8 Å². The lowest BCUT2D eigenvalue weighted by Gasteiger charge is -2.16. The van der Waals surface area contributed by atoms with Crippen LogP contribution in [0.5, 0.6) is 0 Å². The molecular formula is C20H27N2O+. The van der Waals surface area contributed by atoms with Crippen molar-refractivity contribution in [1.82, 2.24) is 0 Å². The van der Waals surface area contributed by atoms with E-state index in [1.807, 2.05) is 26.0 Å². The average molecular weight is 311 g/mol. The van der Waals surface area contributed by atoms with Gasteiger partial charge in [-0.25, -0.2) is 0 Å². The first-order valence-electron chi connectivity index (χ1n) is 8.09. The van der Waals surface area contributed by atoms with Crippen molar-refractivity contribution in [2.75, 3.05) is 18.9 Å². The minimum atomic E-state index is 0.0530. The lowest BCUT2D eigenvalue weighted by atomic mass is 10.1. The van der Waals surface area contributed by atoms with Crippen LogP contribution in [-0.4, -0.2) is 19.5 Å². The van der Waals surface area contributed by atoms with Crippen molar-refractivity contribution in [3.8, 4) is 0 Å². The zero-order valence-corrected chi connectivity index (χ0v) is 14.8. The molecule has 0 heterocycles. The number of rotatable bonds is 5. The van der Waals surface area contributed by atoms with E-state index in [-0.39, 0.29) is 5.91 Å². The molecule has 3 nitrogen and oxygen atoms in total. The fourth-order valence-corrected chi connectivity index (χ4v) is 2.96. The molecule has 1 amide bonds. The van der Waals surface area contributed by atoms with Gasteiger partial charge in [-0.2, -0.15) is 0 Å². The predicted octanol–water partition coefficient (Wildman–Crippen LogP) is 2.57. The number of nitrogens with one attached hydrogen (secondary N) is 2. The number of benzene rings is 2. The van der Waals surface area contributed by atoms with E-state index in [4.69, 9.17) is 0 Å². The highest BCUT2D eigenvalue weighted by molar-refractivity contribution is 5.91. The van der Waals surface area contributed by atoms with E-state index in [2.05, 4.69) is 50.5 Å². The first-order valence-corrected chi connectivity index (χ1v) is 8.09. The Balaban J connectivity index is 1.94. The van der Waals surface area contributed by atoms with Crippen molar-refractivity contribution >= 4 is 11.6 Å². The Kier molecular flexibility index (Phi) is 5.56. The van der Waals surface area contributed by atoms with Gasteiger partial charge in [0.25, 0.3) is 5.91 Å². The first-order chi connectivity index (χ1) is 10.8. The van der Waals surface area contributed by atoms with Crippen molar-refractivity contribution in [3.05, 3.63) is 64.2 Å². The molecule has 2 rings (SSSR count). The minimum Gasteiger partial charge on any atom is -0.326 e. The highest BCUT2D eigenvalue weighted by Gasteiger charge is 2.12. The van der Waals surface area contributed by atoms with Gasteiger partial charge < -0.3 is 10.2 Å². The highest BCUT2D eigenvalue weighted by Crippen LogP contribution is 2.13. The maximum absolute atomic E-state index is 12.2. The summed E-state index contributed by atoms with van der Waals surface area (Å²) in [5.41, 5.74) is 7.07. The van der Waals surface area contributed by atoms with Crippen LogP contribution in [0.3, 0.4) is 0 Å². The molecule has 0 radical (unpaired) electrons. The molecule has 1 unspecified atom stereocenters. The third kappa shape index (κ3) is 5.22. The fraction of sp³-hybridized carbons (Fsp3) is 0.350. The van der Waals surface area contributed by atoms with Crippen LogP contribution in [0.15, 0.2) is 36.4 Å². The van der Waals surface area contributed by atoms with Gasteiger partial charge in [-0.05, 0) is 56.5 Å². The van der Waals surface area contributed by atoms with Gasteiger partial charge in [0.1, 0.15) is 6.54 Å². The summed E-state index contributed by atoms with van der Waals surface area (Å²) in [6.07, 6.45) is 0. The molecule has 0 saturated heterocycles. The molecule has 0 aromatic heterocycles. The Hall–Kier alpha value is -2.13. The number of aryl methyl sites for hydroxylation is 4. The van der Waals surface area contributed by atoms with Crippen molar-refractivity contribution in [3.63, 3.8) is 0 Å². The summed E-state index contributed by atoms with van der Waals surface area (Å²) in [5.74, 6) is 0.0530. The maximum atomic E-state index is 12.2. The number of quaternary nitrogens is 1. The van der Waals surface area contributed by atoms with E-state index in [9.17, 15) is 4.79 Å². The Morgan fingerprint density at radius 1 is 0.957 bits per heavy atom. The summed E-state index contributed by atoms with van der Waals surface area (Å²) in [6, 6.07) is 12.6. The van der Waals surface area contributed by atoms with E-state index in [1.165, 1.54) is 21.6 Å². The Bertz CT molecular complexity index is 687. The Labute approximate surface area is 139 Å². The summed E-state index contributed by atoms with van der Waals surface area (Å²) in [6.45, 7) is 9.63. The van der Waals surface area contributed by atoms with E-state index >= 15 is 0 Å². The number of carbonyl (C=O) groups excluding carboxylic acids is 1. The molecule has 3 heteroatoms. The van der Waals surface area contributed by atoms with Crippen LogP contribution in [0.1, 0.15) is 27.8 Å². The monoisotopic (exact) mass is 311 g/mol. The van der Waals surface area contributed by atoms with Crippen LogP contribution in [0.2, 0.25) is 0 Å². The smallest absolute Gasteiger partial charge is 0.279 e. The average Bonchev–Trinajstić information content (AvgIpc) is 2.40.